The highest BCUT2D eigenvalue weighted by molar-refractivity contribution is 9.10. The molecule has 0 atom stereocenters. The molecule has 0 N–H and O–H groups in total. The van der Waals surface area contributed by atoms with Crippen molar-refractivity contribution < 1.29 is 4.79 Å². The first-order chi connectivity index (χ1) is 14.4. The van der Waals surface area contributed by atoms with Crippen LogP contribution in [-0.2, 0) is 10.2 Å². The molecule has 0 unspecified atom stereocenters. The number of ketones is 1. The van der Waals surface area contributed by atoms with Gasteiger partial charge in [0.1, 0.15) is 5.78 Å². The maximum atomic E-state index is 13.7. The number of fused-ring (bicyclic) bond motifs is 1. The molecule has 0 aliphatic heterocycles. The second-order valence-electron chi connectivity index (χ2n) is 8.39. The molecular formula is C27H32BrNO. The van der Waals surface area contributed by atoms with Crippen LogP contribution in [0, 0.1) is 0 Å². The van der Waals surface area contributed by atoms with Crippen LogP contribution in [0.15, 0.2) is 53.0 Å². The summed E-state index contributed by atoms with van der Waals surface area (Å²) in [7, 11) is 0. The van der Waals surface area contributed by atoms with Crippen molar-refractivity contribution >= 4 is 32.6 Å². The molecule has 0 amide bonds. The quantitative estimate of drug-likeness (QED) is 0.335. The maximum absolute atomic E-state index is 13.7. The van der Waals surface area contributed by atoms with Crippen LogP contribution in [0.3, 0.4) is 0 Å². The summed E-state index contributed by atoms with van der Waals surface area (Å²) in [6.07, 6.45) is 3.03. The van der Waals surface area contributed by atoms with Gasteiger partial charge in [-0.25, -0.2) is 0 Å². The molecule has 1 heterocycles. The first-order valence-electron chi connectivity index (χ1n) is 11.1. The SMILES string of the molecule is CCCC(=O)C(CC)(CC)c1c(C(C)C)nc2ccc(Br)cc2c1-c1ccccc1. The van der Waals surface area contributed by atoms with Crippen molar-refractivity contribution in [2.75, 3.05) is 0 Å². The Labute approximate surface area is 189 Å². The van der Waals surface area contributed by atoms with Crippen LogP contribution in [0.1, 0.15) is 77.5 Å². The Kier molecular flexibility index (Phi) is 7.13. The highest BCUT2D eigenvalue weighted by Crippen LogP contribution is 2.46. The number of halogens is 1. The van der Waals surface area contributed by atoms with E-state index in [2.05, 4.69) is 86.9 Å². The summed E-state index contributed by atoms with van der Waals surface area (Å²) in [5.41, 5.74) is 4.96. The molecule has 3 heteroatoms. The minimum Gasteiger partial charge on any atom is -0.299 e. The number of carbonyl (C=O) groups is 1. The van der Waals surface area contributed by atoms with Crippen molar-refractivity contribution in [2.24, 2.45) is 0 Å². The van der Waals surface area contributed by atoms with Gasteiger partial charge in [0.15, 0.2) is 0 Å². The summed E-state index contributed by atoms with van der Waals surface area (Å²) in [5.74, 6) is 0.563. The lowest BCUT2D eigenvalue weighted by molar-refractivity contribution is -0.125. The second-order valence-corrected chi connectivity index (χ2v) is 9.31. The number of aromatic nitrogens is 1. The van der Waals surface area contributed by atoms with Crippen molar-refractivity contribution in [3.63, 3.8) is 0 Å². The van der Waals surface area contributed by atoms with Crippen molar-refractivity contribution in [3.8, 4) is 11.1 Å². The minimum atomic E-state index is -0.524. The van der Waals surface area contributed by atoms with Gasteiger partial charge >= 0.3 is 0 Å². The van der Waals surface area contributed by atoms with Gasteiger partial charge in [-0.15, -0.1) is 0 Å². The van der Waals surface area contributed by atoms with E-state index in [0.29, 0.717) is 12.2 Å². The summed E-state index contributed by atoms with van der Waals surface area (Å²) in [4.78, 5) is 18.8. The fourth-order valence-corrected chi connectivity index (χ4v) is 5.03. The second kappa shape index (κ2) is 9.43. The van der Waals surface area contributed by atoms with Crippen LogP contribution in [0.5, 0.6) is 0 Å². The Balaban J connectivity index is 2.56. The normalized spacial score (nSPS) is 12.0. The van der Waals surface area contributed by atoms with Crippen LogP contribution in [-0.4, -0.2) is 10.8 Å². The maximum Gasteiger partial charge on any atom is 0.143 e. The lowest BCUT2D eigenvalue weighted by Gasteiger charge is -2.36. The fraction of sp³-hybridized carbons (Fsp3) is 0.407. The highest BCUT2D eigenvalue weighted by atomic mass is 79.9. The first-order valence-corrected chi connectivity index (χ1v) is 11.9. The minimum absolute atomic E-state index is 0.224. The molecule has 30 heavy (non-hydrogen) atoms. The molecular weight excluding hydrogens is 434 g/mol. The van der Waals surface area contributed by atoms with Crippen LogP contribution < -0.4 is 0 Å². The van der Waals surface area contributed by atoms with E-state index in [-0.39, 0.29) is 5.92 Å². The number of hydrogen-bond acceptors (Lipinski definition) is 2. The molecule has 3 rings (SSSR count). The smallest absolute Gasteiger partial charge is 0.143 e. The van der Waals surface area contributed by atoms with E-state index in [1.165, 1.54) is 5.56 Å². The molecule has 0 aliphatic rings. The third-order valence-corrected chi connectivity index (χ3v) is 6.77. The Morgan fingerprint density at radius 3 is 2.27 bits per heavy atom. The number of nitrogens with zero attached hydrogens (tertiary/aromatic N) is 1. The van der Waals surface area contributed by atoms with Gasteiger partial charge < -0.3 is 0 Å². The Morgan fingerprint density at radius 1 is 1.03 bits per heavy atom. The third-order valence-electron chi connectivity index (χ3n) is 6.28. The van der Waals surface area contributed by atoms with Gasteiger partial charge in [-0.3, -0.25) is 9.78 Å². The van der Waals surface area contributed by atoms with Crippen LogP contribution in [0.2, 0.25) is 0 Å². The molecule has 0 fully saturated rings. The molecule has 0 saturated carbocycles. The van der Waals surface area contributed by atoms with Gasteiger partial charge in [-0.2, -0.15) is 0 Å². The van der Waals surface area contributed by atoms with E-state index in [9.17, 15) is 4.79 Å². The number of hydrogen-bond donors (Lipinski definition) is 0. The number of pyridine rings is 1. The average Bonchev–Trinajstić information content (AvgIpc) is 2.75. The zero-order valence-electron chi connectivity index (χ0n) is 18.8. The van der Waals surface area contributed by atoms with E-state index >= 15 is 0 Å². The molecule has 2 aromatic carbocycles. The van der Waals surface area contributed by atoms with Gasteiger partial charge in [0.25, 0.3) is 0 Å². The lowest BCUT2D eigenvalue weighted by atomic mass is 9.67. The lowest BCUT2D eigenvalue weighted by Crippen LogP contribution is -2.37. The highest BCUT2D eigenvalue weighted by Gasteiger charge is 2.41. The largest absolute Gasteiger partial charge is 0.299 e. The molecule has 3 aromatic rings. The fourth-order valence-electron chi connectivity index (χ4n) is 4.66. The Bertz CT molecular complexity index is 1040. The summed E-state index contributed by atoms with van der Waals surface area (Å²) < 4.78 is 1.02. The topological polar surface area (TPSA) is 30.0 Å². The van der Waals surface area contributed by atoms with Gasteiger partial charge in [0.2, 0.25) is 0 Å². The summed E-state index contributed by atoms with van der Waals surface area (Å²) in [5, 5.41) is 1.10. The van der Waals surface area contributed by atoms with Gasteiger partial charge in [0, 0.05) is 22.0 Å². The summed E-state index contributed by atoms with van der Waals surface area (Å²) >= 11 is 3.65. The van der Waals surface area contributed by atoms with Gasteiger partial charge in [-0.05, 0) is 60.1 Å². The Morgan fingerprint density at radius 2 is 1.70 bits per heavy atom. The molecule has 0 aliphatic carbocycles. The van der Waals surface area contributed by atoms with E-state index in [1.807, 2.05) is 12.1 Å². The molecule has 0 spiro atoms. The van der Waals surface area contributed by atoms with Crippen molar-refractivity contribution in [1.82, 2.24) is 4.98 Å². The number of benzene rings is 2. The van der Waals surface area contributed by atoms with Gasteiger partial charge in [-0.1, -0.05) is 80.9 Å². The molecule has 0 radical (unpaired) electrons. The zero-order chi connectivity index (χ0) is 21.9. The van der Waals surface area contributed by atoms with Crippen LogP contribution in [0.25, 0.3) is 22.0 Å². The standard InChI is InChI=1S/C27H32BrNO/c1-6-12-23(30)27(7-2,8-3)25-24(19-13-10-9-11-14-19)21-17-20(28)15-16-22(21)29-26(25)18(4)5/h9-11,13-18H,6-8,12H2,1-5H3. The van der Waals surface area contributed by atoms with Crippen LogP contribution >= 0.6 is 15.9 Å². The first kappa shape index (κ1) is 22.7. The predicted octanol–water partition coefficient (Wildman–Crippen LogP) is 8.21. The molecule has 0 bridgehead atoms. The van der Waals surface area contributed by atoms with Crippen molar-refractivity contribution in [1.29, 1.82) is 0 Å². The number of carbonyl (C=O) groups excluding carboxylic acids is 1. The number of rotatable bonds is 8. The molecule has 0 saturated heterocycles. The monoisotopic (exact) mass is 465 g/mol. The number of Topliss-reactive ketones (excluding diaryl/α,β-unsaturated/α-hetero) is 1. The molecule has 2 nitrogen and oxygen atoms in total. The zero-order valence-corrected chi connectivity index (χ0v) is 20.3. The predicted molar refractivity (Wildman–Crippen MR) is 131 cm³/mol. The van der Waals surface area contributed by atoms with E-state index < -0.39 is 5.41 Å². The average molecular weight is 466 g/mol. The van der Waals surface area contributed by atoms with E-state index in [4.69, 9.17) is 4.98 Å². The van der Waals surface area contributed by atoms with Gasteiger partial charge in [0.05, 0.1) is 10.9 Å². The molecule has 1 aromatic heterocycles. The third kappa shape index (κ3) is 3.97. The molecule has 158 valence electrons. The van der Waals surface area contributed by atoms with Crippen molar-refractivity contribution in [3.05, 3.63) is 64.3 Å². The summed E-state index contributed by atoms with van der Waals surface area (Å²) in [6, 6.07) is 16.8. The van der Waals surface area contributed by atoms with Crippen molar-refractivity contribution in [2.45, 2.75) is 71.6 Å². The Hall–Kier alpha value is -2.00. The van der Waals surface area contributed by atoms with Crippen LogP contribution in [0.4, 0.5) is 0 Å². The summed E-state index contributed by atoms with van der Waals surface area (Å²) in [6.45, 7) is 10.8. The van der Waals surface area contributed by atoms with E-state index in [0.717, 1.165) is 51.5 Å². The van der Waals surface area contributed by atoms with E-state index in [1.54, 1.807) is 0 Å².